The number of halogens is 2. The lowest BCUT2D eigenvalue weighted by Crippen LogP contribution is -2.38. The van der Waals surface area contributed by atoms with Gasteiger partial charge in [0.15, 0.2) is 6.10 Å². The molecule has 2 aromatic rings. The summed E-state index contributed by atoms with van der Waals surface area (Å²) in [5, 5.41) is 2.71. The first-order valence-electron chi connectivity index (χ1n) is 8.41. The van der Waals surface area contributed by atoms with Crippen LogP contribution in [0.3, 0.4) is 0 Å². The molecule has 2 rings (SSSR count). The molecule has 0 radical (unpaired) electrons. The van der Waals surface area contributed by atoms with Crippen LogP contribution in [0, 0.1) is 11.6 Å². The van der Waals surface area contributed by atoms with Crippen LogP contribution in [0.5, 0.6) is 0 Å². The first kappa shape index (κ1) is 19.6. The summed E-state index contributed by atoms with van der Waals surface area (Å²) in [5.74, 6) is -3.68. The quantitative estimate of drug-likeness (QED) is 0.763. The summed E-state index contributed by atoms with van der Waals surface area (Å²) in [6.45, 7) is 3.74. The second kappa shape index (κ2) is 9.08. The summed E-state index contributed by atoms with van der Waals surface area (Å²) in [6, 6.07) is 12.8. The number of carbonyl (C=O) groups is 2. The van der Waals surface area contributed by atoms with Crippen molar-refractivity contribution in [3.8, 4) is 0 Å². The zero-order valence-corrected chi connectivity index (χ0v) is 14.7. The van der Waals surface area contributed by atoms with Gasteiger partial charge in [-0.2, -0.15) is 0 Å². The van der Waals surface area contributed by atoms with Gasteiger partial charge in [0.2, 0.25) is 0 Å². The van der Waals surface area contributed by atoms with E-state index >= 15 is 0 Å². The van der Waals surface area contributed by atoms with Crippen LogP contribution in [0.2, 0.25) is 0 Å². The summed E-state index contributed by atoms with van der Waals surface area (Å²) in [4.78, 5) is 24.1. The molecule has 2 aromatic carbocycles. The number of esters is 1. The maximum Gasteiger partial charge on any atom is 0.344 e. The molecule has 0 saturated heterocycles. The fourth-order valence-electron chi connectivity index (χ4n) is 2.56. The highest BCUT2D eigenvalue weighted by atomic mass is 19.1. The number of hydrogen-bond acceptors (Lipinski definition) is 3. The number of amides is 1. The largest absolute Gasteiger partial charge is 0.449 e. The Morgan fingerprint density at radius 3 is 2.23 bits per heavy atom. The third kappa shape index (κ3) is 4.88. The Morgan fingerprint density at radius 2 is 1.65 bits per heavy atom. The maximum atomic E-state index is 13.6. The van der Waals surface area contributed by atoms with Gasteiger partial charge in [0, 0.05) is 12.5 Å². The zero-order chi connectivity index (χ0) is 19.1. The van der Waals surface area contributed by atoms with Gasteiger partial charge in [-0.25, -0.2) is 13.6 Å². The average Bonchev–Trinajstić information content (AvgIpc) is 2.62. The fraction of sp³-hybridized carbons (Fsp3) is 0.300. The van der Waals surface area contributed by atoms with Gasteiger partial charge in [0.05, 0.1) is 0 Å². The Balaban J connectivity index is 1.94. The molecule has 0 aliphatic heterocycles. The lowest BCUT2D eigenvalue weighted by molar-refractivity contribution is -0.129. The topological polar surface area (TPSA) is 55.4 Å². The lowest BCUT2D eigenvalue weighted by Gasteiger charge is -2.18. The van der Waals surface area contributed by atoms with Crippen molar-refractivity contribution in [3.05, 3.63) is 71.3 Å². The summed E-state index contributed by atoms with van der Waals surface area (Å²) < 4.78 is 32.1. The Kier molecular flexibility index (Phi) is 6.83. The summed E-state index contributed by atoms with van der Waals surface area (Å²) in [5.41, 5.74) is 0.288. The van der Waals surface area contributed by atoms with Crippen molar-refractivity contribution in [3.63, 3.8) is 0 Å². The van der Waals surface area contributed by atoms with E-state index in [0.29, 0.717) is 6.54 Å². The van der Waals surface area contributed by atoms with E-state index in [0.717, 1.165) is 30.2 Å². The van der Waals surface area contributed by atoms with E-state index in [4.69, 9.17) is 4.74 Å². The zero-order valence-electron chi connectivity index (χ0n) is 14.7. The molecule has 0 aromatic heterocycles. The molecule has 0 fully saturated rings. The molecule has 1 N–H and O–H groups in total. The van der Waals surface area contributed by atoms with Gasteiger partial charge in [0.1, 0.15) is 17.2 Å². The SMILES string of the molecule is CC[C@@H](CNC(=O)[C@H](C)OC(=O)c1c(F)cccc1F)c1ccccc1. The van der Waals surface area contributed by atoms with E-state index in [1.807, 2.05) is 37.3 Å². The van der Waals surface area contributed by atoms with Crippen LogP contribution < -0.4 is 5.32 Å². The number of nitrogens with one attached hydrogen (secondary N) is 1. The van der Waals surface area contributed by atoms with Gasteiger partial charge >= 0.3 is 5.97 Å². The van der Waals surface area contributed by atoms with E-state index in [2.05, 4.69) is 5.32 Å². The standard InChI is InChI=1S/C20H21F2NO3/c1-3-14(15-8-5-4-6-9-15)12-23-19(24)13(2)26-20(25)18-16(21)10-7-11-17(18)22/h4-11,13-14H,3,12H2,1-2H3,(H,23,24)/t13-,14-/m0/s1. The second-order valence-electron chi connectivity index (χ2n) is 5.91. The van der Waals surface area contributed by atoms with E-state index < -0.39 is 35.2 Å². The molecule has 4 nitrogen and oxygen atoms in total. The van der Waals surface area contributed by atoms with Gasteiger partial charge in [-0.15, -0.1) is 0 Å². The van der Waals surface area contributed by atoms with Crippen LogP contribution in [0.15, 0.2) is 48.5 Å². The van der Waals surface area contributed by atoms with Crippen LogP contribution in [0.4, 0.5) is 8.78 Å². The van der Waals surface area contributed by atoms with Gasteiger partial charge in [0.25, 0.3) is 5.91 Å². The van der Waals surface area contributed by atoms with Gasteiger partial charge in [-0.05, 0) is 31.0 Å². The lowest BCUT2D eigenvalue weighted by atomic mass is 9.96. The molecular formula is C20H21F2NO3. The highest BCUT2D eigenvalue weighted by Gasteiger charge is 2.24. The molecule has 0 bridgehead atoms. The van der Waals surface area contributed by atoms with Crippen LogP contribution in [-0.4, -0.2) is 24.5 Å². The van der Waals surface area contributed by atoms with Crippen molar-refractivity contribution >= 4 is 11.9 Å². The summed E-state index contributed by atoms with van der Waals surface area (Å²) in [6.07, 6.45) is -0.353. The minimum atomic E-state index is -1.21. The first-order valence-corrected chi connectivity index (χ1v) is 8.41. The predicted molar refractivity (Wildman–Crippen MR) is 93.7 cm³/mol. The Labute approximate surface area is 151 Å². The molecule has 26 heavy (non-hydrogen) atoms. The average molecular weight is 361 g/mol. The number of carbonyl (C=O) groups excluding carboxylic acids is 2. The minimum absolute atomic E-state index is 0.118. The summed E-state index contributed by atoms with van der Waals surface area (Å²) in [7, 11) is 0. The van der Waals surface area contributed by atoms with Crippen LogP contribution in [-0.2, 0) is 9.53 Å². The third-order valence-corrected chi connectivity index (χ3v) is 4.11. The van der Waals surface area contributed by atoms with Crippen molar-refractivity contribution in [2.75, 3.05) is 6.54 Å². The van der Waals surface area contributed by atoms with Gasteiger partial charge in [-0.3, -0.25) is 4.79 Å². The smallest absolute Gasteiger partial charge is 0.344 e. The molecule has 0 heterocycles. The number of hydrogen-bond donors (Lipinski definition) is 1. The normalized spacial score (nSPS) is 12.9. The van der Waals surface area contributed by atoms with Gasteiger partial charge < -0.3 is 10.1 Å². The van der Waals surface area contributed by atoms with Crippen LogP contribution in [0.1, 0.15) is 42.1 Å². The van der Waals surface area contributed by atoms with E-state index in [1.54, 1.807) is 0 Å². The van der Waals surface area contributed by atoms with Crippen molar-refractivity contribution < 1.29 is 23.1 Å². The Morgan fingerprint density at radius 1 is 1.04 bits per heavy atom. The van der Waals surface area contributed by atoms with Crippen molar-refractivity contribution in [2.24, 2.45) is 0 Å². The molecule has 1 amide bonds. The molecule has 2 atom stereocenters. The number of ether oxygens (including phenoxy) is 1. The minimum Gasteiger partial charge on any atom is -0.449 e. The number of rotatable bonds is 7. The second-order valence-corrected chi connectivity index (χ2v) is 5.91. The molecule has 0 aliphatic rings. The van der Waals surface area contributed by atoms with Crippen molar-refractivity contribution in [2.45, 2.75) is 32.3 Å². The fourth-order valence-corrected chi connectivity index (χ4v) is 2.56. The van der Waals surface area contributed by atoms with Crippen molar-refractivity contribution in [1.82, 2.24) is 5.32 Å². The predicted octanol–water partition coefficient (Wildman–Crippen LogP) is 3.82. The summed E-state index contributed by atoms with van der Waals surface area (Å²) >= 11 is 0. The van der Waals surface area contributed by atoms with Crippen LogP contribution >= 0.6 is 0 Å². The monoisotopic (exact) mass is 361 g/mol. The van der Waals surface area contributed by atoms with Crippen LogP contribution in [0.25, 0.3) is 0 Å². The highest BCUT2D eigenvalue weighted by molar-refractivity contribution is 5.92. The molecule has 0 spiro atoms. The molecule has 6 heteroatoms. The maximum absolute atomic E-state index is 13.6. The van der Waals surface area contributed by atoms with E-state index in [1.165, 1.54) is 6.92 Å². The molecule has 0 saturated carbocycles. The van der Waals surface area contributed by atoms with Crippen molar-refractivity contribution in [1.29, 1.82) is 0 Å². The number of benzene rings is 2. The first-order chi connectivity index (χ1) is 12.4. The highest BCUT2D eigenvalue weighted by Crippen LogP contribution is 2.18. The Hall–Kier alpha value is -2.76. The van der Waals surface area contributed by atoms with E-state index in [-0.39, 0.29) is 5.92 Å². The van der Waals surface area contributed by atoms with Gasteiger partial charge in [-0.1, -0.05) is 43.3 Å². The molecule has 138 valence electrons. The molecule has 0 unspecified atom stereocenters. The molecule has 0 aliphatic carbocycles. The van der Waals surface area contributed by atoms with E-state index in [9.17, 15) is 18.4 Å². The third-order valence-electron chi connectivity index (χ3n) is 4.11. The molecular weight excluding hydrogens is 340 g/mol. The Bertz CT molecular complexity index is 745.